The van der Waals surface area contributed by atoms with Crippen molar-refractivity contribution < 1.29 is 27.5 Å². The molecule has 3 aliphatic heterocycles. The van der Waals surface area contributed by atoms with Crippen LogP contribution in [0.1, 0.15) is 57.9 Å². The normalized spacial score (nSPS) is 21.5. The number of piperidine rings is 1. The number of hydrogen-bond acceptors (Lipinski definition) is 5. The lowest BCUT2D eigenvalue weighted by Gasteiger charge is -2.43. The molecule has 42 heavy (non-hydrogen) atoms. The van der Waals surface area contributed by atoms with Crippen LogP contribution in [0.15, 0.2) is 71.6 Å². The summed E-state index contributed by atoms with van der Waals surface area (Å²) in [5.74, 6) is -1.70. The van der Waals surface area contributed by atoms with Crippen LogP contribution < -0.4 is 4.90 Å². The third kappa shape index (κ3) is 5.27. The van der Waals surface area contributed by atoms with Gasteiger partial charge in [-0.1, -0.05) is 41.9 Å². The van der Waals surface area contributed by atoms with Gasteiger partial charge in [-0.2, -0.15) is 4.31 Å². The summed E-state index contributed by atoms with van der Waals surface area (Å²) in [5.41, 5.74) is 1.79. The van der Waals surface area contributed by atoms with Gasteiger partial charge < -0.3 is 14.9 Å². The van der Waals surface area contributed by atoms with Crippen molar-refractivity contribution in [2.75, 3.05) is 31.1 Å². The monoisotopic (exact) mass is 611 g/mol. The van der Waals surface area contributed by atoms with E-state index in [1.807, 2.05) is 23.1 Å². The highest BCUT2D eigenvalue weighted by molar-refractivity contribution is 7.89. The molecule has 0 radical (unpaired) electrons. The summed E-state index contributed by atoms with van der Waals surface area (Å²) in [5, 5.41) is 10.1. The number of benzene rings is 3. The molecule has 2 bridgehead atoms. The maximum Gasteiger partial charge on any atom is 0.337 e. The van der Waals surface area contributed by atoms with Crippen molar-refractivity contribution >= 4 is 39.2 Å². The molecule has 11 heteroatoms. The van der Waals surface area contributed by atoms with Crippen LogP contribution in [-0.4, -0.2) is 72.9 Å². The second-order valence-electron chi connectivity index (χ2n) is 11.2. The van der Waals surface area contributed by atoms with Crippen molar-refractivity contribution in [1.82, 2.24) is 9.21 Å². The number of carboxylic acid groups (broad SMARTS) is 1. The van der Waals surface area contributed by atoms with Gasteiger partial charge in [0.25, 0.3) is 5.91 Å². The Kier molecular flexibility index (Phi) is 7.72. The molecule has 2 unspecified atom stereocenters. The zero-order chi connectivity index (χ0) is 29.6. The fourth-order valence-corrected chi connectivity index (χ4v) is 8.40. The Labute approximate surface area is 249 Å². The van der Waals surface area contributed by atoms with Gasteiger partial charge in [-0.3, -0.25) is 4.79 Å². The predicted molar refractivity (Wildman–Crippen MR) is 157 cm³/mol. The average Bonchev–Trinajstić information content (AvgIpc) is 3.25. The molecule has 0 aromatic heterocycles. The summed E-state index contributed by atoms with van der Waals surface area (Å²) in [7, 11) is -3.85. The highest BCUT2D eigenvalue weighted by Crippen LogP contribution is 2.39. The molecule has 220 valence electrons. The number of carbonyl (C=O) groups excluding carboxylic acids is 1. The van der Waals surface area contributed by atoms with Gasteiger partial charge in [-0.05, 0) is 73.6 Å². The van der Waals surface area contributed by atoms with Gasteiger partial charge in [-0.25, -0.2) is 17.6 Å². The van der Waals surface area contributed by atoms with E-state index in [0.29, 0.717) is 63.5 Å². The number of carboxylic acids is 1. The first-order valence-corrected chi connectivity index (χ1v) is 15.9. The first kappa shape index (κ1) is 28.6. The third-order valence-electron chi connectivity index (χ3n) is 8.77. The molecule has 2 atom stereocenters. The number of carbonyl (C=O) groups is 2. The summed E-state index contributed by atoms with van der Waals surface area (Å²) < 4.78 is 42.5. The second-order valence-corrected chi connectivity index (χ2v) is 13.5. The molecule has 8 nitrogen and oxygen atoms in total. The SMILES string of the molecule is O=C(O)c1ccc(S(=O)(=O)N2CCC(c3ccccc3)CC2)cc1N1C2CCC1CN(C(=O)c1ccc(F)cc1Cl)C2. The van der Waals surface area contributed by atoms with Crippen LogP contribution in [0, 0.1) is 5.82 Å². The van der Waals surface area contributed by atoms with Crippen LogP contribution >= 0.6 is 11.6 Å². The van der Waals surface area contributed by atoms with Crippen LogP contribution in [0.3, 0.4) is 0 Å². The largest absolute Gasteiger partial charge is 0.478 e. The fraction of sp³-hybridized carbons (Fsp3) is 0.355. The minimum absolute atomic E-state index is 0.0231. The molecule has 0 saturated carbocycles. The number of nitrogens with zero attached hydrogens (tertiary/aromatic N) is 3. The smallest absolute Gasteiger partial charge is 0.337 e. The lowest BCUT2D eigenvalue weighted by molar-refractivity contribution is 0.0687. The summed E-state index contributed by atoms with van der Waals surface area (Å²) in [4.78, 5) is 29.2. The highest BCUT2D eigenvalue weighted by Gasteiger charge is 2.43. The average molecular weight is 612 g/mol. The number of amides is 1. The standard InChI is InChI=1S/C31H31ClFN3O5S/c32-28-16-22(33)6-10-26(28)30(37)34-18-23-7-8-24(19-34)36(23)29-17-25(9-11-27(29)31(38)39)42(40,41)35-14-12-21(13-15-35)20-4-2-1-3-5-20/h1-6,9-11,16-17,21,23-24H,7-8,12-15,18-19H2,(H,38,39). The van der Waals surface area contributed by atoms with Gasteiger partial charge in [-0.15, -0.1) is 0 Å². The zero-order valence-electron chi connectivity index (χ0n) is 22.8. The Morgan fingerprint density at radius 3 is 2.12 bits per heavy atom. The molecule has 3 aromatic carbocycles. The Hall–Kier alpha value is -3.47. The van der Waals surface area contributed by atoms with Crippen LogP contribution in [0.25, 0.3) is 0 Å². The van der Waals surface area contributed by atoms with Crippen LogP contribution in [-0.2, 0) is 10.0 Å². The lowest BCUT2D eigenvalue weighted by Crippen LogP contribution is -2.56. The van der Waals surface area contributed by atoms with E-state index in [2.05, 4.69) is 12.1 Å². The first-order chi connectivity index (χ1) is 20.1. The van der Waals surface area contributed by atoms with Crippen molar-refractivity contribution in [3.63, 3.8) is 0 Å². The number of halogens is 2. The van der Waals surface area contributed by atoms with Gasteiger partial charge in [0.1, 0.15) is 5.82 Å². The Balaban J connectivity index is 1.24. The molecule has 3 fully saturated rings. The molecule has 3 aliphatic rings. The van der Waals surface area contributed by atoms with Gasteiger partial charge in [0, 0.05) is 38.3 Å². The molecule has 6 rings (SSSR count). The molecule has 0 aliphatic carbocycles. The van der Waals surface area contributed by atoms with Crippen LogP contribution in [0.2, 0.25) is 5.02 Å². The number of anilines is 1. The zero-order valence-corrected chi connectivity index (χ0v) is 24.4. The number of aromatic carboxylic acids is 1. The maximum absolute atomic E-state index is 13.7. The lowest BCUT2D eigenvalue weighted by atomic mass is 9.90. The number of sulfonamides is 1. The van der Waals surface area contributed by atoms with E-state index in [1.165, 1.54) is 40.2 Å². The van der Waals surface area contributed by atoms with Crippen molar-refractivity contribution in [2.24, 2.45) is 0 Å². The van der Waals surface area contributed by atoms with Crippen molar-refractivity contribution in [1.29, 1.82) is 0 Å². The Bertz CT molecular complexity index is 1610. The molecule has 1 amide bonds. The molecule has 3 heterocycles. The van der Waals surface area contributed by atoms with Crippen LogP contribution in [0.4, 0.5) is 10.1 Å². The van der Waals surface area contributed by atoms with E-state index in [1.54, 1.807) is 4.90 Å². The highest BCUT2D eigenvalue weighted by atomic mass is 35.5. The first-order valence-electron chi connectivity index (χ1n) is 14.1. The summed E-state index contributed by atoms with van der Waals surface area (Å²) in [6.07, 6.45) is 2.85. The summed E-state index contributed by atoms with van der Waals surface area (Å²) in [6, 6.07) is 17.6. The molecule has 0 spiro atoms. The molecular weight excluding hydrogens is 581 g/mol. The molecule has 3 aromatic rings. The summed E-state index contributed by atoms with van der Waals surface area (Å²) >= 11 is 6.15. The van der Waals surface area contributed by atoms with E-state index in [0.717, 1.165) is 6.07 Å². The second kappa shape index (κ2) is 11.3. The van der Waals surface area contributed by atoms with Gasteiger partial charge >= 0.3 is 5.97 Å². The Morgan fingerprint density at radius 1 is 0.857 bits per heavy atom. The van der Waals surface area contributed by atoms with Gasteiger partial charge in [0.15, 0.2) is 0 Å². The van der Waals surface area contributed by atoms with Crippen molar-refractivity contribution in [2.45, 2.75) is 48.6 Å². The van der Waals surface area contributed by atoms with Gasteiger partial charge in [0.05, 0.1) is 26.7 Å². The molecule has 1 N–H and O–H groups in total. The third-order valence-corrected chi connectivity index (χ3v) is 11.0. The van der Waals surface area contributed by atoms with E-state index in [4.69, 9.17) is 11.6 Å². The number of fused-ring (bicyclic) bond motifs is 2. The molecule has 3 saturated heterocycles. The van der Waals surface area contributed by atoms with Crippen molar-refractivity contribution in [3.05, 3.63) is 94.3 Å². The fourth-order valence-electron chi connectivity index (χ4n) is 6.67. The van der Waals surface area contributed by atoms with E-state index >= 15 is 0 Å². The molecular formula is C31H31ClFN3O5S. The maximum atomic E-state index is 13.7. The van der Waals surface area contributed by atoms with Crippen molar-refractivity contribution in [3.8, 4) is 0 Å². The minimum Gasteiger partial charge on any atom is -0.478 e. The van der Waals surface area contributed by atoms with E-state index in [-0.39, 0.29) is 39.0 Å². The van der Waals surface area contributed by atoms with Gasteiger partial charge in [0.2, 0.25) is 10.0 Å². The number of hydrogen-bond donors (Lipinski definition) is 1. The number of likely N-dealkylation sites (tertiary alicyclic amines) is 1. The Morgan fingerprint density at radius 2 is 1.50 bits per heavy atom. The van der Waals surface area contributed by atoms with E-state index < -0.39 is 21.8 Å². The topological polar surface area (TPSA) is 98.2 Å². The number of piperazine rings is 1. The quantitative estimate of drug-likeness (QED) is 0.409. The minimum atomic E-state index is -3.85. The summed E-state index contributed by atoms with van der Waals surface area (Å²) in [6.45, 7) is 1.39. The van der Waals surface area contributed by atoms with E-state index in [9.17, 15) is 27.5 Å². The number of rotatable bonds is 6. The van der Waals surface area contributed by atoms with Crippen LogP contribution in [0.5, 0.6) is 0 Å². The predicted octanol–water partition coefficient (Wildman–Crippen LogP) is 5.24.